The second-order valence-corrected chi connectivity index (χ2v) is 8.33. The van der Waals surface area contributed by atoms with Gasteiger partial charge in [-0.1, -0.05) is 18.2 Å². The first-order chi connectivity index (χ1) is 13.8. The van der Waals surface area contributed by atoms with E-state index < -0.39 is 0 Å². The molecule has 0 amide bonds. The first kappa shape index (κ1) is 19.3. The summed E-state index contributed by atoms with van der Waals surface area (Å²) in [5.74, 6) is 1.28. The summed E-state index contributed by atoms with van der Waals surface area (Å²) in [6.07, 6.45) is 4.54. The second-order valence-electron chi connectivity index (χ2n) is 8.33. The number of fused-ring (bicyclic) bond motifs is 5. The molecular formula is C25H27NO3. The van der Waals surface area contributed by atoms with E-state index >= 15 is 0 Å². The number of anilines is 1. The molecule has 0 spiro atoms. The molecule has 0 aliphatic carbocycles. The van der Waals surface area contributed by atoms with E-state index in [1.54, 1.807) is 20.1 Å². The summed E-state index contributed by atoms with van der Waals surface area (Å²) in [5.41, 5.74) is 6.93. The number of hydrogen-bond donors (Lipinski definition) is 1. The van der Waals surface area contributed by atoms with Crippen molar-refractivity contribution >= 4 is 17.0 Å². The number of allylic oxidation sites excluding steroid dienone is 1. The predicted octanol–water partition coefficient (Wildman–Crippen LogP) is 6.18. The lowest BCUT2D eigenvalue weighted by Crippen LogP contribution is -2.32. The molecule has 0 aromatic heterocycles. The van der Waals surface area contributed by atoms with Gasteiger partial charge in [0.25, 0.3) is 0 Å². The third-order valence-electron chi connectivity index (χ3n) is 5.62. The van der Waals surface area contributed by atoms with Gasteiger partial charge in [0, 0.05) is 23.2 Å². The van der Waals surface area contributed by atoms with Gasteiger partial charge in [-0.15, -0.1) is 6.58 Å². The summed E-state index contributed by atoms with van der Waals surface area (Å²) in [4.78, 5) is 12.3. The van der Waals surface area contributed by atoms with Crippen molar-refractivity contribution in [1.82, 2.24) is 0 Å². The summed E-state index contributed by atoms with van der Waals surface area (Å²) in [7, 11) is 1.65. The molecule has 2 aromatic rings. The van der Waals surface area contributed by atoms with Crippen LogP contribution in [0.25, 0.3) is 16.7 Å². The molecular weight excluding hydrogens is 362 g/mol. The number of hydrogen-bond acceptors (Lipinski definition) is 4. The molecule has 0 saturated carbocycles. The lowest BCUT2D eigenvalue weighted by Gasteiger charge is -2.37. The number of rotatable bonds is 4. The monoisotopic (exact) mass is 389 g/mol. The van der Waals surface area contributed by atoms with Crippen LogP contribution in [0.3, 0.4) is 0 Å². The summed E-state index contributed by atoms with van der Waals surface area (Å²) in [6, 6.07) is 7.86. The van der Waals surface area contributed by atoms with Gasteiger partial charge in [-0.3, -0.25) is 4.79 Å². The Kier molecular flexibility index (Phi) is 4.53. The van der Waals surface area contributed by atoms with Crippen LogP contribution in [-0.4, -0.2) is 18.4 Å². The average Bonchev–Trinajstić information content (AvgIpc) is 2.65. The predicted molar refractivity (Wildman–Crippen MR) is 118 cm³/mol. The Balaban J connectivity index is 2.07. The minimum Gasteiger partial charge on any atom is -0.496 e. The zero-order valence-electron chi connectivity index (χ0n) is 17.7. The van der Waals surface area contributed by atoms with Crippen LogP contribution in [0.4, 0.5) is 5.69 Å². The molecule has 2 aliphatic rings. The van der Waals surface area contributed by atoms with E-state index in [1.807, 2.05) is 12.1 Å². The maximum absolute atomic E-state index is 12.3. The number of benzene rings is 2. The third kappa shape index (κ3) is 3.03. The Bertz CT molecular complexity index is 1060. The lowest BCUT2D eigenvalue weighted by atomic mass is 9.80. The van der Waals surface area contributed by atoms with Crippen LogP contribution < -0.4 is 14.8 Å². The smallest absolute Gasteiger partial charge is 0.163 e. The molecule has 2 aromatic carbocycles. The number of ether oxygens (including phenoxy) is 2. The molecule has 0 bridgehead atoms. The van der Waals surface area contributed by atoms with Gasteiger partial charge >= 0.3 is 0 Å². The maximum Gasteiger partial charge on any atom is 0.163 e. The fourth-order valence-corrected chi connectivity index (χ4v) is 4.61. The third-order valence-corrected chi connectivity index (χ3v) is 5.62. The number of carbonyl (C=O) groups excluding carboxylic acids is 1. The van der Waals surface area contributed by atoms with Gasteiger partial charge < -0.3 is 14.8 Å². The van der Waals surface area contributed by atoms with Crippen LogP contribution in [0.2, 0.25) is 0 Å². The summed E-state index contributed by atoms with van der Waals surface area (Å²) in [5, 5.41) is 3.62. The van der Waals surface area contributed by atoms with Crippen LogP contribution in [-0.2, 0) is 0 Å². The topological polar surface area (TPSA) is 47.6 Å². The molecule has 0 radical (unpaired) electrons. The van der Waals surface area contributed by atoms with Crippen LogP contribution in [0.15, 0.2) is 43.0 Å². The zero-order valence-corrected chi connectivity index (χ0v) is 17.7. The molecule has 4 nitrogen and oxygen atoms in total. The van der Waals surface area contributed by atoms with Gasteiger partial charge in [-0.25, -0.2) is 0 Å². The van der Waals surface area contributed by atoms with Crippen molar-refractivity contribution in [2.45, 2.75) is 45.8 Å². The molecule has 2 heterocycles. The molecule has 0 saturated heterocycles. The quantitative estimate of drug-likeness (QED) is 0.501. The maximum atomic E-state index is 12.3. The van der Waals surface area contributed by atoms with Crippen molar-refractivity contribution in [3.63, 3.8) is 0 Å². The van der Waals surface area contributed by atoms with E-state index in [0.29, 0.717) is 23.5 Å². The average molecular weight is 389 g/mol. The van der Waals surface area contributed by atoms with Crippen LogP contribution in [0.1, 0.15) is 61.7 Å². The van der Waals surface area contributed by atoms with Crippen LogP contribution >= 0.6 is 0 Å². The Morgan fingerprint density at radius 3 is 2.69 bits per heavy atom. The first-order valence-electron chi connectivity index (χ1n) is 9.92. The highest BCUT2D eigenvalue weighted by molar-refractivity contribution is 6.02. The van der Waals surface area contributed by atoms with E-state index in [0.717, 1.165) is 27.9 Å². The number of carbonyl (C=O) groups is 1. The largest absolute Gasteiger partial charge is 0.496 e. The molecule has 2 aliphatic heterocycles. The molecule has 4 rings (SSSR count). The molecule has 1 N–H and O–H groups in total. The highest BCUT2D eigenvalue weighted by atomic mass is 16.5. The minimum atomic E-state index is -0.221. The molecule has 29 heavy (non-hydrogen) atoms. The first-order valence-corrected chi connectivity index (χ1v) is 9.92. The Morgan fingerprint density at radius 2 is 2.03 bits per heavy atom. The Morgan fingerprint density at radius 1 is 1.28 bits per heavy atom. The summed E-state index contributed by atoms with van der Waals surface area (Å²) < 4.78 is 12.1. The van der Waals surface area contributed by atoms with E-state index in [-0.39, 0.29) is 17.4 Å². The van der Waals surface area contributed by atoms with Crippen molar-refractivity contribution in [1.29, 1.82) is 0 Å². The normalized spacial score (nSPS) is 18.2. The van der Waals surface area contributed by atoms with Crippen molar-refractivity contribution in [2.75, 3.05) is 12.4 Å². The highest BCUT2D eigenvalue weighted by Crippen LogP contribution is 2.53. The van der Waals surface area contributed by atoms with Gasteiger partial charge in [0.2, 0.25) is 0 Å². The van der Waals surface area contributed by atoms with Crippen molar-refractivity contribution in [2.24, 2.45) is 0 Å². The molecule has 0 fully saturated rings. The van der Waals surface area contributed by atoms with Crippen LogP contribution in [0.5, 0.6) is 11.5 Å². The van der Waals surface area contributed by atoms with Gasteiger partial charge in [0.05, 0.1) is 23.8 Å². The number of nitrogens with one attached hydrogen (secondary N) is 1. The van der Waals surface area contributed by atoms with Gasteiger partial charge in [0.15, 0.2) is 5.78 Å². The summed E-state index contributed by atoms with van der Waals surface area (Å²) in [6.45, 7) is 12.0. The van der Waals surface area contributed by atoms with Crippen molar-refractivity contribution < 1.29 is 14.3 Å². The number of Topliss-reactive ketones (excluding diaryl/α,β-unsaturated/α-hetero) is 1. The van der Waals surface area contributed by atoms with E-state index in [4.69, 9.17) is 9.47 Å². The Labute approximate surface area is 172 Å². The number of ketones is 1. The van der Waals surface area contributed by atoms with E-state index in [2.05, 4.69) is 50.9 Å². The van der Waals surface area contributed by atoms with Crippen molar-refractivity contribution in [3.05, 3.63) is 59.7 Å². The fraction of sp³-hybridized carbons (Fsp3) is 0.320. The van der Waals surface area contributed by atoms with Crippen LogP contribution in [0, 0.1) is 0 Å². The van der Waals surface area contributed by atoms with E-state index in [9.17, 15) is 4.79 Å². The standard InChI is InChI=1S/C25H27NO3/c1-7-8-20-22-17(9-11-18-21(22)14(2)13-25(4,5)26-18)23-19(28-6)12-10-16(15(3)27)24(23)29-20/h7,9-13,20,26H,1,8H2,2-6H3. The molecule has 4 heteroatoms. The van der Waals surface area contributed by atoms with E-state index in [1.165, 1.54) is 5.57 Å². The fourth-order valence-electron chi connectivity index (χ4n) is 4.61. The van der Waals surface area contributed by atoms with Gasteiger partial charge in [-0.2, -0.15) is 0 Å². The van der Waals surface area contributed by atoms with Gasteiger partial charge in [-0.05, 0) is 57.0 Å². The SMILES string of the molecule is C=CCC1Oc2c(C(C)=O)ccc(OC)c2-c2ccc3c(c21)C(C)=CC(C)(C)N3. The van der Waals surface area contributed by atoms with Crippen molar-refractivity contribution in [3.8, 4) is 22.6 Å². The number of methoxy groups -OCH3 is 1. The zero-order chi connectivity index (χ0) is 20.9. The van der Waals surface area contributed by atoms with Gasteiger partial charge in [0.1, 0.15) is 17.6 Å². The molecule has 1 atom stereocenters. The molecule has 150 valence electrons. The lowest BCUT2D eigenvalue weighted by molar-refractivity contribution is 0.100. The second kappa shape index (κ2) is 6.80. The Hall–Kier alpha value is -3.01. The highest BCUT2D eigenvalue weighted by Gasteiger charge is 2.36. The minimum absolute atomic E-state index is 0.0258. The summed E-state index contributed by atoms with van der Waals surface area (Å²) >= 11 is 0. The molecule has 1 unspecified atom stereocenters.